The Kier molecular flexibility index (Phi) is 4.13. The van der Waals surface area contributed by atoms with E-state index >= 15 is 0 Å². The molecule has 0 aliphatic heterocycles. The molecule has 1 atom stereocenters. The van der Waals surface area contributed by atoms with Crippen LogP contribution in [-0.2, 0) is 0 Å². The molecule has 0 bridgehead atoms. The number of thiophene rings is 1. The summed E-state index contributed by atoms with van der Waals surface area (Å²) in [6.45, 7) is 1.86. The van der Waals surface area contributed by atoms with E-state index in [0.717, 1.165) is 9.35 Å². The van der Waals surface area contributed by atoms with Gasteiger partial charge in [0.05, 0.1) is 14.7 Å². The lowest BCUT2D eigenvalue weighted by Gasteiger charge is -2.07. The number of aryl methyl sites for hydroxylation is 1. The van der Waals surface area contributed by atoms with Crippen LogP contribution in [0.2, 0.25) is 0 Å². The molecule has 2 nitrogen and oxygen atoms in total. The second-order valence-electron chi connectivity index (χ2n) is 4.02. The predicted molar refractivity (Wildman–Crippen MR) is 75.8 cm³/mol. The second kappa shape index (κ2) is 5.64. The molecular weight excluding hydrogens is 329 g/mol. The van der Waals surface area contributed by atoms with Crippen molar-refractivity contribution in [2.45, 2.75) is 12.8 Å². The first-order chi connectivity index (χ1) is 9.04. The van der Waals surface area contributed by atoms with Crippen LogP contribution >= 0.6 is 27.3 Å². The van der Waals surface area contributed by atoms with E-state index in [0.29, 0.717) is 4.88 Å². The highest BCUT2D eigenvalue weighted by molar-refractivity contribution is 9.11. The van der Waals surface area contributed by atoms with Gasteiger partial charge >= 0.3 is 0 Å². The second-order valence-corrected chi connectivity index (χ2v) is 6.39. The lowest BCUT2D eigenvalue weighted by Crippen LogP contribution is -2.11. The van der Waals surface area contributed by atoms with Crippen molar-refractivity contribution in [1.29, 1.82) is 5.26 Å². The molecule has 0 saturated heterocycles. The molecule has 0 amide bonds. The molecule has 0 radical (unpaired) electrons. The largest absolute Gasteiger partial charge is 0.291 e. The highest BCUT2D eigenvalue weighted by atomic mass is 79.9. The molecule has 0 fully saturated rings. The maximum absolute atomic E-state index is 13.7. The molecule has 0 saturated carbocycles. The normalized spacial score (nSPS) is 11.9. The van der Waals surface area contributed by atoms with Gasteiger partial charge in [-0.2, -0.15) is 5.26 Å². The Morgan fingerprint density at radius 3 is 2.68 bits per heavy atom. The quantitative estimate of drug-likeness (QED) is 0.776. The zero-order valence-electron chi connectivity index (χ0n) is 9.98. The predicted octanol–water partition coefficient (Wildman–Crippen LogP) is 4.45. The molecule has 1 heterocycles. The molecule has 1 aromatic carbocycles. The number of benzene rings is 1. The molecule has 19 heavy (non-hydrogen) atoms. The van der Waals surface area contributed by atoms with E-state index < -0.39 is 11.7 Å². The summed E-state index contributed by atoms with van der Waals surface area (Å²) in [6, 6.07) is 9.47. The molecule has 0 aliphatic carbocycles. The Hall–Kier alpha value is -1.51. The van der Waals surface area contributed by atoms with Crippen LogP contribution in [0.5, 0.6) is 0 Å². The number of carbonyl (C=O) groups excluding carboxylic acids is 1. The van der Waals surface area contributed by atoms with Gasteiger partial charge in [-0.3, -0.25) is 4.79 Å². The smallest absolute Gasteiger partial charge is 0.194 e. The highest BCUT2D eigenvalue weighted by Gasteiger charge is 2.26. The summed E-state index contributed by atoms with van der Waals surface area (Å²) in [4.78, 5) is 12.8. The first-order valence-corrected chi connectivity index (χ1v) is 7.09. The van der Waals surface area contributed by atoms with E-state index in [4.69, 9.17) is 5.26 Å². The fourth-order valence-corrected chi connectivity index (χ4v) is 3.21. The van der Waals surface area contributed by atoms with E-state index in [9.17, 15) is 9.18 Å². The fraction of sp³-hybridized carbons (Fsp3) is 0.143. The van der Waals surface area contributed by atoms with Gasteiger partial charge in [0.1, 0.15) is 11.7 Å². The van der Waals surface area contributed by atoms with Crippen molar-refractivity contribution >= 4 is 33.0 Å². The number of halogens is 2. The third-order valence-electron chi connectivity index (χ3n) is 2.71. The van der Waals surface area contributed by atoms with E-state index in [2.05, 4.69) is 15.9 Å². The molecule has 2 aromatic rings. The first kappa shape index (κ1) is 13.9. The van der Waals surface area contributed by atoms with Crippen LogP contribution in [0, 0.1) is 24.1 Å². The van der Waals surface area contributed by atoms with Crippen molar-refractivity contribution in [3.8, 4) is 6.07 Å². The number of hydrogen-bond donors (Lipinski definition) is 0. The Balaban J connectivity index is 2.41. The minimum atomic E-state index is -1.11. The minimum Gasteiger partial charge on any atom is -0.291 e. The van der Waals surface area contributed by atoms with Gasteiger partial charge in [-0.1, -0.05) is 18.2 Å². The molecule has 0 spiro atoms. The SMILES string of the molecule is Cc1cc(C(=O)C(C#N)c2ccccc2F)sc1Br. The molecule has 0 N–H and O–H groups in total. The first-order valence-electron chi connectivity index (χ1n) is 5.48. The summed E-state index contributed by atoms with van der Waals surface area (Å²) in [5.41, 5.74) is 1.05. The van der Waals surface area contributed by atoms with Gasteiger partial charge in [-0.25, -0.2) is 4.39 Å². The maximum atomic E-state index is 13.7. The van der Waals surface area contributed by atoms with Gasteiger partial charge in [0.15, 0.2) is 5.78 Å². The summed E-state index contributed by atoms with van der Waals surface area (Å²) in [7, 11) is 0. The molecule has 1 unspecified atom stereocenters. The topological polar surface area (TPSA) is 40.9 Å². The van der Waals surface area contributed by atoms with Gasteiger partial charge < -0.3 is 0 Å². The number of carbonyl (C=O) groups is 1. The number of rotatable bonds is 3. The van der Waals surface area contributed by atoms with Crippen LogP contribution in [0.15, 0.2) is 34.1 Å². The van der Waals surface area contributed by atoms with Crippen LogP contribution in [0.1, 0.15) is 26.7 Å². The molecule has 1 aromatic heterocycles. The summed E-state index contributed by atoms with van der Waals surface area (Å²) in [6.07, 6.45) is 0. The average Bonchev–Trinajstić information content (AvgIpc) is 2.73. The fourth-order valence-electron chi connectivity index (χ4n) is 1.70. The molecule has 2 rings (SSSR count). The number of nitrogens with zero attached hydrogens (tertiary/aromatic N) is 1. The summed E-state index contributed by atoms with van der Waals surface area (Å²) >= 11 is 4.60. The van der Waals surface area contributed by atoms with Crippen LogP contribution in [0.25, 0.3) is 0 Å². The van der Waals surface area contributed by atoms with Crippen LogP contribution in [-0.4, -0.2) is 5.78 Å². The van der Waals surface area contributed by atoms with E-state index in [-0.39, 0.29) is 11.3 Å². The Labute approximate surface area is 122 Å². The third kappa shape index (κ3) is 2.75. The van der Waals surface area contributed by atoms with Gasteiger partial charge in [0.2, 0.25) is 0 Å². The number of ketones is 1. The Morgan fingerprint density at radius 1 is 1.47 bits per heavy atom. The van der Waals surface area contributed by atoms with Crippen molar-refractivity contribution in [3.63, 3.8) is 0 Å². The van der Waals surface area contributed by atoms with Crippen molar-refractivity contribution in [1.82, 2.24) is 0 Å². The van der Waals surface area contributed by atoms with Crippen molar-refractivity contribution in [3.05, 3.63) is 55.9 Å². The Morgan fingerprint density at radius 2 is 2.16 bits per heavy atom. The van der Waals surface area contributed by atoms with Gasteiger partial charge in [-0.05, 0) is 40.5 Å². The molecule has 0 aliphatic rings. The van der Waals surface area contributed by atoms with Crippen molar-refractivity contribution < 1.29 is 9.18 Å². The monoisotopic (exact) mass is 337 g/mol. The van der Waals surface area contributed by atoms with Crippen molar-refractivity contribution in [2.24, 2.45) is 0 Å². The van der Waals surface area contributed by atoms with Crippen LogP contribution in [0.4, 0.5) is 4.39 Å². The summed E-state index contributed by atoms with van der Waals surface area (Å²) in [5.74, 6) is -2.01. The highest BCUT2D eigenvalue weighted by Crippen LogP contribution is 2.31. The molecular formula is C14H9BrFNOS. The van der Waals surface area contributed by atoms with Gasteiger partial charge in [0.25, 0.3) is 0 Å². The number of nitriles is 1. The van der Waals surface area contributed by atoms with Crippen LogP contribution < -0.4 is 0 Å². The number of hydrogen-bond acceptors (Lipinski definition) is 3. The lowest BCUT2D eigenvalue weighted by molar-refractivity contribution is 0.0981. The van der Waals surface area contributed by atoms with E-state index in [1.165, 1.54) is 29.5 Å². The van der Waals surface area contributed by atoms with Gasteiger partial charge in [0, 0.05) is 5.56 Å². The maximum Gasteiger partial charge on any atom is 0.194 e. The van der Waals surface area contributed by atoms with E-state index in [1.807, 2.05) is 13.0 Å². The van der Waals surface area contributed by atoms with Crippen molar-refractivity contribution in [2.75, 3.05) is 0 Å². The standard InChI is InChI=1S/C14H9BrFNOS/c1-8-6-12(19-14(8)15)13(18)10(7-17)9-4-2-3-5-11(9)16/h2-6,10H,1H3. The van der Waals surface area contributed by atoms with E-state index in [1.54, 1.807) is 12.1 Å². The minimum absolute atomic E-state index is 0.122. The third-order valence-corrected chi connectivity index (χ3v) is 4.86. The molecule has 96 valence electrons. The summed E-state index contributed by atoms with van der Waals surface area (Å²) in [5, 5.41) is 9.17. The van der Waals surface area contributed by atoms with Gasteiger partial charge in [-0.15, -0.1) is 11.3 Å². The zero-order valence-corrected chi connectivity index (χ0v) is 12.4. The zero-order chi connectivity index (χ0) is 14.0. The number of Topliss-reactive ketones (excluding diaryl/α,β-unsaturated/α-hetero) is 1. The summed E-state index contributed by atoms with van der Waals surface area (Å²) < 4.78 is 14.5. The average molecular weight is 338 g/mol. The Bertz CT molecular complexity index is 655. The van der Waals surface area contributed by atoms with Crippen LogP contribution in [0.3, 0.4) is 0 Å². The molecule has 5 heteroatoms. The lowest BCUT2D eigenvalue weighted by atomic mass is 9.94.